The molecule has 13 heavy (non-hydrogen) atoms. The summed E-state index contributed by atoms with van der Waals surface area (Å²) in [5.41, 5.74) is 0. The number of hydrogen-bond donors (Lipinski definition) is 2. The predicted molar refractivity (Wildman–Crippen MR) is 50.8 cm³/mol. The molecule has 5 heteroatoms. The Morgan fingerprint density at radius 3 is 2.92 bits per heavy atom. The average Bonchev–Trinajstić information content (AvgIpc) is 2.43. The minimum Gasteiger partial charge on any atom is -0.480 e. The lowest BCUT2D eigenvalue weighted by atomic mass is 10.2. The summed E-state index contributed by atoms with van der Waals surface area (Å²) in [5, 5.41) is 8.79. The summed E-state index contributed by atoms with van der Waals surface area (Å²) < 4.78 is 0. The Balaban J connectivity index is 2.55. The Bertz CT molecular complexity index is 219. The highest BCUT2D eigenvalue weighted by Crippen LogP contribution is 2.18. The van der Waals surface area contributed by atoms with Crippen molar-refractivity contribution in [3.8, 4) is 0 Å². The van der Waals surface area contributed by atoms with Gasteiger partial charge in [-0.15, -0.1) is 0 Å². The van der Waals surface area contributed by atoms with E-state index in [9.17, 15) is 9.59 Å². The Hall–Kier alpha value is -0.710. The van der Waals surface area contributed by atoms with Crippen LogP contribution in [0.25, 0.3) is 0 Å². The SMILES string of the molecule is O=C(O)[C@@H]1CCC(=O)N1CCCS. The molecule has 0 aromatic rings. The van der Waals surface area contributed by atoms with Crippen LogP contribution in [0.15, 0.2) is 0 Å². The van der Waals surface area contributed by atoms with Crippen molar-refractivity contribution in [1.82, 2.24) is 4.90 Å². The second-order valence-corrected chi connectivity index (χ2v) is 3.50. The van der Waals surface area contributed by atoms with Crippen molar-refractivity contribution in [2.24, 2.45) is 0 Å². The van der Waals surface area contributed by atoms with E-state index in [0.29, 0.717) is 25.1 Å². The fourth-order valence-corrected chi connectivity index (χ4v) is 1.65. The van der Waals surface area contributed by atoms with Crippen LogP contribution in [0.4, 0.5) is 0 Å². The van der Waals surface area contributed by atoms with Crippen molar-refractivity contribution in [2.75, 3.05) is 12.3 Å². The molecule has 1 fully saturated rings. The van der Waals surface area contributed by atoms with Crippen molar-refractivity contribution < 1.29 is 14.7 Å². The van der Waals surface area contributed by atoms with Crippen molar-refractivity contribution in [1.29, 1.82) is 0 Å². The first-order chi connectivity index (χ1) is 6.16. The van der Waals surface area contributed by atoms with Gasteiger partial charge in [-0.1, -0.05) is 0 Å². The van der Waals surface area contributed by atoms with Gasteiger partial charge in [0.25, 0.3) is 0 Å². The van der Waals surface area contributed by atoms with Gasteiger partial charge >= 0.3 is 5.97 Å². The molecule has 4 nitrogen and oxygen atoms in total. The average molecular weight is 203 g/mol. The first-order valence-corrected chi connectivity index (χ1v) is 4.93. The van der Waals surface area contributed by atoms with Gasteiger partial charge in [-0.05, 0) is 18.6 Å². The maximum Gasteiger partial charge on any atom is 0.326 e. The molecular weight excluding hydrogens is 190 g/mol. The van der Waals surface area contributed by atoms with Crippen LogP contribution >= 0.6 is 12.6 Å². The summed E-state index contributed by atoms with van der Waals surface area (Å²) in [7, 11) is 0. The summed E-state index contributed by atoms with van der Waals surface area (Å²) in [6.07, 6.45) is 1.56. The minimum atomic E-state index is -0.898. The Labute approximate surface area is 82.3 Å². The molecule has 0 spiro atoms. The zero-order chi connectivity index (χ0) is 9.84. The van der Waals surface area contributed by atoms with E-state index in [4.69, 9.17) is 5.11 Å². The fraction of sp³-hybridized carbons (Fsp3) is 0.750. The van der Waals surface area contributed by atoms with E-state index in [1.165, 1.54) is 4.90 Å². The van der Waals surface area contributed by atoms with Gasteiger partial charge in [0.15, 0.2) is 0 Å². The summed E-state index contributed by atoms with van der Waals surface area (Å²) >= 11 is 4.02. The molecule has 0 aromatic carbocycles. The third kappa shape index (κ3) is 2.37. The van der Waals surface area contributed by atoms with Gasteiger partial charge in [0.2, 0.25) is 5.91 Å². The minimum absolute atomic E-state index is 0.0471. The number of hydrogen-bond acceptors (Lipinski definition) is 3. The molecule has 1 heterocycles. The molecule has 0 aromatic heterocycles. The van der Waals surface area contributed by atoms with Gasteiger partial charge in [-0.2, -0.15) is 12.6 Å². The first-order valence-electron chi connectivity index (χ1n) is 4.30. The monoisotopic (exact) mass is 203 g/mol. The zero-order valence-electron chi connectivity index (χ0n) is 7.27. The van der Waals surface area contributed by atoms with Gasteiger partial charge in [0, 0.05) is 13.0 Å². The second-order valence-electron chi connectivity index (χ2n) is 3.06. The molecule has 1 atom stereocenters. The fourth-order valence-electron chi connectivity index (χ4n) is 1.51. The van der Waals surface area contributed by atoms with Crippen LogP contribution < -0.4 is 0 Å². The Morgan fingerprint density at radius 2 is 2.38 bits per heavy atom. The standard InChI is InChI=1S/C8H13NO3S/c10-7-3-2-6(8(11)12)9(7)4-1-5-13/h6,13H,1-5H2,(H,11,12)/t6-/m0/s1. The summed E-state index contributed by atoms with van der Waals surface area (Å²) in [6.45, 7) is 0.513. The molecule has 0 unspecified atom stereocenters. The maximum atomic E-state index is 11.2. The normalized spacial score (nSPS) is 22.4. The lowest BCUT2D eigenvalue weighted by Gasteiger charge is -2.20. The van der Waals surface area contributed by atoms with Crippen LogP contribution in [0.2, 0.25) is 0 Å². The molecule has 1 rings (SSSR count). The highest BCUT2D eigenvalue weighted by Gasteiger charge is 2.35. The molecule has 1 aliphatic heterocycles. The van der Waals surface area contributed by atoms with Gasteiger partial charge < -0.3 is 10.0 Å². The van der Waals surface area contributed by atoms with Gasteiger partial charge in [0.1, 0.15) is 6.04 Å². The quantitative estimate of drug-likeness (QED) is 0.649. The molecule has 0 radical (unpaired) electrons. The van der Waals surface area contributed by atoms with Crippen LogP contribution in [0.3, 0.4) is 0 Å². The van der Waals surface area contributed by atoms with E-state index in [1.807, 2.05) is 0 Å². The van der Waals surface area contributed by atoms with Crippen LogP contribution in [0, 0.1) is 0 Å². The highest BCUT2D eigenvalue weighted by atomic mass is 32.1. The maximum absolute atomic E-state index is 11.2. The zero-order valence-corrected chi connectivity index (χ0v) is 8.17. The highest BCUT2D eigenvalue weighted by molar-refractivity contribution is 7.80. The largest absolute Gasteiger partial charge is 0.480 e. The summed E-state index contributed by atoms with van der Waals surface area (Å²) in [4.78, 5) is 23.4. The van der Waals surface area contributed by atoms with Crippen LogP contribution in [0.1, 0.15) is 19.3 Å². The number of carboxylic acid groups (broad SMARTS) is 1. The molecular formula is C8H13NO3S. The third-order valence-electron chi connectivity index (χ3n) is 2.17. The van der Waals surface area contributed by atoms with Crippen LogP contribution in [0.5, 0.6) is 0 Å². The predicted octanol–water partition coefficient (Wildman–Crippen LogP) is 0.382. The van der Waals surface area contributed by atoms with Crippen molar-refractivity contribution >= 4 is 24.5 Å². The number of thiol groups is 1. The molecule has 1 aliphatic rings. The Kier molecular flexibility index (Phi) is 3.59. The summed E-state index contributed by atoms with van der Waals surface area (Å²) in [5.74, 6) is -0.268. The van der Waals surface area contributed by atoms with E-state index < -0.39 is 12.0 Å². The van der Waals surface area contributed by atoms with Crippen molar-refractivity contribution in [2.45, 2.75) is 25.3 Å². The van der Waals surface area contributed by atoms with E-state index >= 15 is 0 Å². The third-order valence-corrected chi connectivity index (χ3v) is 2.49. The molecule has 0 bridgehead atoms. The smallest absolute Gasteiger partial charge is 0.326 e. The van der Waals surface area contributed by atoms with E-state index in [1.54, 1.807) is 0 Å². The van der Waals surface area contributed by atoms with Crippen molar-refractivity contribution in [3.05, 3.63) is 0 Å². The Morgan fingerprint density at radius 1 is 1.69 bits per heavy atom. The number of carbonyl (C=O) groups is 2. The number of amides is 1. The lowest BCUT2D eigenvalue weighted by Crippen LogP contribution is -2.39. The van der Waals surface area contributed by atoms with Gasteiger partial charge in [-0.3, -0.25) is 4.79 Å². The van der Waals surface area contributed by atoms with Crippen molar-refractivity contribution in [3.63, 3.8) is 0 Å². The van der Waals surface area contributed by atoms with Gasteiger partial charge in [0.05, 0.1) is 0 Å². The van der Waals surface area contributed by atoms with Gasteiger partial charge in [-0.25, -0.2) is 4.79 Å². The number of carbonyl (C=O) groups excluding carboxylic acids is 1. The van der Waals surface area contributed by atoms with E-state index in [-0.39, 0.29) is 5.91 Å². The number of rotatable bonds is 4. The van der Waals surface area contributed by atoms with E-state index in [0.717, 1.165) is 6.42 Å². The summed E-state index contributed by atoms with van der Waals surface area (Å²) in [6, 6.07) is -0.604. The number of likely N-dealkylation sites (tertiary alicyclic amines) is 1. The molecule has 0 aliphatic carbocycles. The molecule has 1 N–H and O–H groups in total. The molecule has 1 saturated heterocycles. The topological polar surface area (TPSA) is 57.6 Å². The first kappa shape index (κ1) is 10.4. The van der Waals surface area contributed by atoms with E-state index in [2.05, 4.69) is 12.6 Å². The lowest BCUT2D eigenvalue weighted by molar-refractivity contribution is -0.146. The molecule has 74 valence electrons. The number of carboxylic acids is 1. The second kappa shape index (κ2) is 4.50. The van der Waals surface area contributed by atoms with Crippen LogP contribution in [-0.4, -0.2) is 40.2 Å². The number of nitrogens with zero attached hydrogens (tertiary/aromatic N) is 1. The number of aliphatic carboxylic acids is 1. The molecule has 0 saturated carbocycles. The molecule has 1 amide bonds. The van der Waals surface area contributed by atoms with Crippen LogP contribution in [-0.2, 0) is 9.59 Å².